The van der Waals surface area contributed by atoms with E-state index in [2.05, 4.69) is 32.0 Å². The summed E-state index contributed by atoms with van der Waals surface area (Å²) in [6.07, 6.45) is -3.77. The van der Waals surface area contributed by atoms with Crippen molar-refractivity contribution < 1.29 is 33.3 Å². The van der Waals surface area contributed by atoms with Crippen LogP contribution in [0, 0.1) is 11.3 Å². The normalized spacial score (nSPS) is 18.9. The predicted octanol–water partition coefficient (Wildman–Crippen LogP) is 4.85. The molecule has 5 aromatic rings. The van der Waals surface area contributed by atoms with Gasteiger partial charge in [0, 0.05) is 0 Å². The van der Waals surface area contributed by atoms with Crippen molar-refractivity contribution in [3.63, 3.8) is 0 Å². The molecule has 1 saturated heterocycles. The zero-order valence-corrected chi connectivity index (χ0v) is 25.4. The van der Waals surface area contributed by atoms with Crippen molar-refractivity contribution in [2.24, 2.45) is 0 Å². The number of nitrogens with two attached hydrogens (primary N) is 1. The van der Waals surface area contributed by atoms with E-state index in [0.29, 0.717) is 5.56 Å². The van der Waals surface area contributed by atoms with Gasteiger partial charge in [0.05, 0.1) is 27.6 Å². The van der Waals surface area contributed by atoms with Gasteiger partial charge in [-0.25, -0.2) is 24.4 Å². The summed E-state index contributed by atoms with van der Waals surface area (Å²) in [7, 11) is 0. The molecule has 1 fully saturated rings. The number of aromatic nitrogens is 3. The highest BCUT2D eigenvalue weighted by Gasteiger charge is 2.52. The minimum absolute atomic E-state index is 0.0391. The Balaban J connectivity index is 1.44. The molecule has 12 nitrogen and oxygen atoms in total. The van der Waals surface area contributed by atoms with Gasteiger partial charge < -0.3 is 24.7 Å². The molecule has 6 rings (SSSR count). The third-order valence-corrected chi connectivity index (χ3v) is 8.08. The van der Waals surface area contributed by atoms with Gasteiger partial charge in [-0.3, -0.25) is 4.57 Å². The first kappa shape index (κ1) is 30.4. The highest BCUT2D eigenvalue weighted by molar-refractivity contribution is 9.10. The molecular formula is C33H24BrN5O7. The van der Waals surface area contributed by atoms with Crippen LogP contribution in [0.15, 0.2) is 102 Å². The van der Waals surface area contributed by atoms with E-state index in [4.69, 9.17) is 24.7 Å². The van der Waals surface area contributed by atoms with Gasteiger partial charge in [-0.05, 0) is 52.3 Å². The number of benzene rings is 3. The van der Waals surface area contributed by atoms with Gasteiger partial charge in [-0.2, -0.15) is 5.26 Å². The molecule has 0 saturated carbocycles. The molecule has 2 N–H and O–H groups in total. The third kappa shape index (κ3) is 5.91. The number of nitriles is 1. The average Bonchev–Trinajstić information content (AvgIpc) is 3.57. The quantitative estimate of drug-likeness (QED) is 0.175. The Hall–Kier alpha value is -5.58. The van der Waals surface area contributed by atoms with Gasteiger partial charge in [-0.15, -0.1) is 0 Å². The van der Waals surface area contributed by atoms with Crippen molar-refractivity contribution in [2.75, 3.05) is 12.3 Å². The van der Waals surface area contributed by atoms with Crippen LogP contribution in [0.25, 0.3) is 11.0 Å². The Kier molecular flexibility index (Phi) is 8.73. The largest absolute Gasteiger partial charge is 0.459 e. The fourth-order valence-corrected chi connectivity index (χ4v) is 5.78. The number of nitrogens with zero attached hydrogens (tertiary/aromatic N) is 4. The number of fused-ring (bicyclic) bond motifs is 1. The number of carbonyl (C=O) groups is 3. The van der Waals surface area contributed by atoms with Gasteiger partial charge in [0.2, 0.25) is 0 Å². The van der Waals surface area contributed by atoms with Crippen molar-refractivity contribution in [3.8, 4) is 6.07 Å². The summed E-state index contributed by atoms with van der Waals surface area (Å²) in [5.41, 5.74) is 7.20. The summed E-state index contributed by atoms with van der Waals surface area (Å²) < 4.78 is 25.7. The smallest absolute Gasteiger partial charge is 0.338 e. The van der Waals surface area contributed by atoms with Crippen LogP contribution in [0.4, 0.5) is 5.82 Å². The minimum atomic E-state index is -1.32. The second-order valence-corrected chi connectivity index (χ2v) is 10.9. The lowest BCUT2D eigenvalue weighted by Crippen LogP contribution is -2.41. The summed E-state index contributed by atoms with van der Waals surface area (Å²) >= 11 is 3.46. The van der Waals surface area contributed by atoms with E-state index in [1.807, 2.05) is 0 Å². The molecule has 1 aliphatic rings. The molecule has 13 heteroatoms. The summed E-state index contributed by atoms with van der Waals surface area (Å²) in [6.45, 7) is -0.380. The number of hydrogen-bond donors (Lipinski definition) is 1. The summed E-state index contributed by atoms with van der Waals surface area (Å²) in [5.74, 6) is -2.06. The van der Waals surface area contributed by atoms with Crippen LogP contribution in [-0.4, -0.2) is 57.4 Å². The van der Waals surface area contributed by atoms with E-state index in [0.717, 1.165) is 0 Å². The lowest BCUT2D eigenvalue weighted by Gasteiger charge is -2.25. The van der Waals surface area contributed by atoms with Gasteiger partial charge in [0.15, 0.2) is 18.4 Å². The fourth-order valence-electron chi connectivity index (χ4n) is 5.13. The van der Waals surface area contributed by atoms with Gasteiger partial charge in [0.25, 0.3) is 0 Å². The minimum Gasteiger partial charge on any atom is -0.459 e. The molecule has 0 radical (unpaired) electrons. The van der Waals surface area contributed by atoms with Crippen LogP contribution in [0.5, 0.6) is 0 Å². The van der Waals surface area contributed by atoms with E-state index >= 15 is 0 Å². The van der Waals surface area contributed by atoms with Crippen LogP contribution in [0.1, 0.15) is 42.9 Å². The number of nitrogen functional groups attached to an aromatic ring is 1. The van der Waals surface area contributed by atoms with E-state index in [1.165, 1.54) is 10.9 Å². The predicted molar refractivity (Wildman–Crippen MR) is 166 cm³/mol. The van der Waals surface area contributed by atoms with E-state index in [1.54, 1.807) is 91.0 Å². The number of carbonyl (C=O) groups excluding carboxylic acids is 3. The third-order valence-electron chi connectivity index (χ3n) is 7.30. The van der Waals surface area contributed by atoms with Crippen molar-refractivity contribution >= 4 is 50.7 Å². The van der Waals surface area contributed by atoms with E-state index in [9.17, 15) is 19.6 Å². The molecule has 2 unspecified atom stereocenters. The Morgan fingerprint density at radius 3 is 1.89 bits per heavy atom. The van der Waals surface area contributed by atoms with Crippen molar-refractivity contribution in [2.45, 2.75) is 24.5 Å². The Morgan fingerprint density at radius 1 is 0.826 bits per heavy atom. The lowest BCUT2D eigenvalue weighted by molar-refractivity contribution is -0.0612. The number of anilines is 1. The first-order valence-electron chi connectivity index (χ1n) is 14.0. The van der Waals surface area contributed by atoms with Crippen molar-refractivity contribution in [1.29, 1.82) is 5.26 Å². The molecule has 1 aliphatic heterocycles. The molecule has 0 amide bonds. The fraction of sp³-hybridized carbons (Fsp3) is 0.152. The van der Waals surface area contributed by atoms with Crippen LogP contribution >= 0.6 is 15.9 Å². The van der Waals surface area contributed by atoms with Crippen LogP contribution < -0.4 is 5.73 Å². The van der Waals surface area contributed by atoms with Crippen molar-refractivity contribution in [3.05, 3.63) is 124 Å². The number of rotatable bonds is 8. The maximum atomic E-state index is 13.5. The van der Waals surface area contributed by atoms with Crippen molar-refractivity contribution in [1.82, 2.24) is 14.5 Å². The maximum absolute atomic E-state index is 13.5. The van der Waals surface area contributed by atoms with E-state index in [-0.39, 0.29) is 44.8 Å². The molecule has 3 aromatic carbocycles. The first-order valence-corrected chi connectivity index (χ1v) is 14.8. The molecular weight excluding hydrogens is 658 g/mol. The van der Waals surface area contributed by atoms with E-state index < -0.39 is 42.4 Å². The zero-order chi connectivity index (χ0) is 32.2. The number of ether oxygens (including phenoxy) is 4. The van der Waals surface area contributed by atoms with Gasteiger partial charge >= 0.3 is 17.9 Å². The summed E-state index contributed by atoms with van der Waals surface area (Å²) in [6, 6.07) is 26.9. The second-order valence-electron chi connectivity index (χ2n) is 10.1. The highest BCUT2D eigenvalue weighted by Crippen LogP contribution is 2.42. The molecule has 46 heavy (non-hydrogen) atoms. The topological polar surface area (TPSA) is 169 Å². The lowest BCUT2D eigenvalue weighted by atomic mass is 10.1. The Bertz CT molecular complexity index is 1950. The number of hydrogen-bond acceptors (Lipinski definition) is 11. The summed E-state index contributed by atoms with van der Waals surface area (Å²) in [4.78, 5) is 48.1. The molecule has 0 spiro atoms. The van der Waals surface area contributed by atoms with Crippen LogP contribution in [0.2, 0.25) is 0 Å². The molecule has 4 atom stereocenters. The molecule has 230 valence electrons. The number of halogens is 1. The molecule has 3 heterocycles. The highest BCUT2D eigenvalue weighted by atomic mass is 79.9. The molecule has 2 aromatic heterocycles. The zero-order valence-electron chi connectivity index (χ0n) is 23.9. The second kappa shape index (κ2) is 13.2. The van der Waals surface area contributed by atoms with Gasteiger partial charge in [-0.1, -0.05) is 54.6 Å². The monoisotopic (exact) mass is 681 g/mol. The first-order chi connectivity index (χ1) is 22.4. The SMILES string of the molecule is N#Cc1c(Br)n([C@@H]2O[C@H](COC(=O)c3ccccc3)C(OC(=O)c3ccccc3)C2OC(=O)c2ccccc2)c2ncnc(N)c12. The Morgan fingerprint density at radius 2 is 1.35 bits per heavy atom. The number of esters is 3. The standard InChI is InChI=1S/C33H24BrN5O7/c34-27-22(16-35)24-28(36)37-18-38-29(24)39(27)30-26(46-33(42)21-14-8-3-9-15-21)25(45-32(41)20-12-6-2-7-13-20)23(44-30)17-43-31(40)19-10-4-1-5-11-19/h1-15,18,23,25-26,30H,17H2,(H2,36,37,38)/t23-,25?,26?,30-/m1/s1. The maximum Gasteiger partial charge on any atom is 0.338 e. The average molecular weight is 682 g/mol. The molecule has 0 bridgehead atoms. The van der Waals surface area contributed by atoms with Crippen LogP contribution in [0.3, 0.4) is 0 Å². The molecule has 0 aliphatic carbocycles. The van der Waals surface area contributed by atoms with Gasteiger partial charge in [0.1, 0.15) is 41.2 Å². The Labute approximate surface area is 270 Å². The van der Waals surface area contributed by atoms with Crippen LogP contribution in [-0.2, 0) is 18.9 Å². The summed E-state index contributed by atoms with van der Waals surface area (Å²) in [5, 5.41) is 10.2.